The van der Waals surface area contributed by atoms with Crippen LogP contribution < -0.4 is 0 Å². The molecule has 5 heteroatoms. The lowest BCUT2D eigenvalue weighted by Crippen LogP contribution is -2.11. The van der Waals surface area contributed by atoms with Crippen LogP contribution in [0.5, 0.6) is 0 Å². The highest BCUT2D eigenvalue weighted by Crippen LogP contribution is 2.26. The van der Waals surface area contributed by atoms with E-state index < -0.39 is 12.1 Å². The Hall–Kier alpha value is -1.98. The smallest absolute Gasteiger partial charge is 0.334 e. The molecular formula is C14H13NO3S. The molecule has 0 aliphatic heterocycles. The highest BCUT2D eigenvalue weighted by Gasteiger charge is 2.20. The van der Waals surface area contributed by atoms with E-state index in [-0.39, 0.29) is 5.57 Å². The van der Waals surface area contributed by atoms with E-state index in [1.165, 1.54) is 23.6 Å². The average molecular weight is 275 g/mol. The van der Waals surface area contributed by atoms with Gasteiger partial charge in [-0.15, -0.1) is 11.3 Å². The first kappa shape index (κ1) is 13.5. The average Bonchev–Trinajstić information content (AvgIpc) is 2.81. The lowest BCUT2D eigenvalue weighted by Gasteiger charge is -2.11. The fraction of sp³-hybridized carbons (Fsp3) is 0.143. The van der Waals surface area contributed by atoms with Crippen molar-refractivity contribution in [3.05, 3.63) is 57.6 Å². The van der Waals surface area contributed by atoms with Crippen LogP contribution in [0, 0.1) is 6.92 Å². The molecule has 0 amide bonds. The monoisotopic (exact) mass is 275 g/mol. The number of hydrogen-bond donors (Lipinski definition) is 2. The van der Waals surface area contributed by atoms with Crippen molar-refractivity contribution in [2.75, 3.05) is 0 Å². The topological polar surface area (TPSA) is 70.4 Å². The van der Waals surface area contributed by atoms with Gasteiger partial charge in [0.15, 0.2) is 0 Å². The van der Waals surface area contributed by atoms with Crippen LogP contribution in [0.4, 0.5) is 0 Å². The Morgan fingerprint density at radius 1 is 1.47 bits per heavy atom. The van der Waals surface area contributed by atoms with Crippen molar-refractivity contribution in [1.29, 1.82) is 0 Å². The number of aromatic nitrogens is 1. The summed E-state index contributed by atoms with van der Waals surface area (Å²) in [6.07, 6.45) is 3.36. The maximum atomic E-state index is 11.3. The molecule has 0 spiro atoms. The minimum atomic E-state index is -1.19. The van der Waals surface area contributed by atoms with Crippen molar-refractivity contribution < 1.29 is 15.0 Å². The summed E-state index contributed by atoms with van der Waals surface area (Å²) in [4.78, 5) is 16.0. The van der Waals surface area contributed by atoms with Gasteiger partial charge in [-0.3, -0.25) is 4.98 Å². The first-order valence-electron chi connectivity index (χ1n) is 5.66. The molecule has 2 aromatic heterocycles. The van der Waals surface area contributed by atoms with Gasteiger partial charge in [-0.05, 0) is 36.1 Å². The number of carboxylic acid groups (broad SMARTS) is 1. The second kappa shape index (κ2) is 5.77. The van der Waals surface area contributed by atoms with Gasteiger partial charge in [-0.2, -0.15) is 0 Å². The molecular weight excluding hydrogens is 262 g/mol. The van der Waals surface area contributed by atoms with E-state index in [0.29, 0.717) is 5.56 Å². The molecule has 0 saturated carbocycles. The molecule has 0 fully saturated rings. The number of rotatable bonds is 4. The normalized spacial score (nSPS) is 13.3. The summed E-state index contributed by atoms with van der Waals surface area (Å²) < 4.78 is 0. The maximum absolute atomic E-state index is 11.3. The number of aliphatic hydroxyl groups is 1. The standard InChI is InChI=1S/C14H13NO3S/c1-9-4-6-19-12(9)7-11(14(17)18)13(16)10-3-2-5-15-8-10/h2-8,13,16H,1H3,(H,17,18). The van der Waals surface area contributed by atoms with E-state index >= 15 is 0 Å². The third kappa shape index (κ3) is 3.07. The predicted octanol–water partition coefficient (Wildman–Crippen LogP) is 2.65. The van der Waals surface area contributed by atoms with Crippen molar-refractivity contribution in [2.24, 2.45) is 0 Å². The highest BCUT2D eigenvalue weighted by molar-refractivity contribution is 7.11. The van der Waals surface area contributed by atoms with Crippen molar-refractivity contribution in [3.8, 4) is 0 Å². The van der Waals surface area contributed by atoms with Crippen molar-refractivity contribution in [1.82, 2.24) is 4.98 Å². The first-order valence-corrected chi connectivity index (χ1v) is 6.54. The van der Waals surface area contributed by atoms with E-state index in [4.69, 9.17) is 0 Å². The van der Waals surface area contributed by atoms with Gasteiger partial charge < -0.3 is 10.2 Å². The van der Waals surface area contributed by atoms with Crippen LogP contribution in [-0.2, 0) is 4.79 Å². The van der Waals surface area contributed by atoms with Gasteiger partial charge in [0.05, 0.1) is 5.57 Å². The molecule has 0 aliphatic carbocycles. The number of nitrogens with zero attached hydrogens (tertiary/aromatic N) is 1. The highest BCUT2D eigenvalue weighted by atomic mass is 32.1. The first-order chi connectivity index (χ1) is 9.09. The molecule has 2 N–H and O–H groups in total. The quantitative estimate of drug-likeness (QED) is 0.842. The fourth-order valence-electron chi connectivity index (χ4n) is 1.65. The molecule has 98 valence electrons. The summed E-state index contributed by atoms with van der Waals surface area (Å²) >= 11 is 1.44. The van der Waals surface area contributed by atoms with Gasteiger partial charge >= 0.3 is 5.97 Å². The SMILES string of the molecule is Cc1ccsc1C=C(C(=O)O)C(O)c1cccnc1. The number of hydrogen-bond acceptors (Lipinski definition) is 4. The number of aryl methyl sites for hydroxylation is 1. The summed E-state index contributed by atoms with van der Waals surface area (Å²) in [5.41, 5.74) is 1.39. The molecule has 0 aromatic carbocycles. The van der Waals surface area contributed by atoms with Gasteiger partial charge in [-0.25, -0.2) is 4.79 Å². The van der Waals surface area contributed by atoms with E-state index in [1.807, 2.05) is 18.4 Å². The number of aliphatic hydroxyl groups excluding tert-OH is 1. The Balaban J connectivity index is 2.39. The van der Waals surface area contributed by atoms with Gasteiger partial charge in [-0.1, -0.05) is 6.07 Å². The Bertz CT molecular complexity index is 604. The maximum Gasteiger partial charge on any atom is 0.334 e. The second-order valence-corrected chi connectivity index (χ2v) is 5.01. The van der Waals surface area contributed by atoms with Crippen LogP contribution in [0.2, 0.25) is 0 Å². The zero-order chi connectivity index (χ0) is 13.8. The zero-order valence-electron chi connectivity index (χ0n) is 10.3. The van der Waals surface area contributed by atoms with Crippen molar-refractivity contribution >= 4 is 23.4 Å². The minimum absolute atomic E-state index is 0.0569. The number of carbonyl (C=O) groups is 1. The Labute approximate surface area is 114 Å². The molecule has 1 unspecified atom stereocenters. The molecule has 0 saturated heterocycles. The number of carboxylic acids is 1. The van der Waals surface area contributed by atoms with E-state index in [9.17, 15) is 15.0 Å². The lowest BCUT2D eigenvalue weighted by molar-refractivity contribution is -0.133. The summed E-state index contributed by atoms with van der Waals surface area (Å²) in [6.45, 7) is 1.90. The van der Waals surface area contributed by atoms with Crippen LogP contribution in [0.25, 0.3) is 6.08 Å². The largest absolute Gasteiger partial charge is 0.478 e. The van der Waals surface area contributed by atoms with Crippen molar-refractivity contribution in [3.63, 3.8) is 0 Å². The van der Waals surface area contributed by atoms with Crippen molar-refractivity contribution in [2.45, 2.75) is 13.0 Å². The van der Waals surface area contributed by atoms with E-state index in [1.54, 1.807) is 18.3 Å². The van der Waals surface area contributed by atoms with Crippen LogP contribution in [-0.4, -0.2) is 21.2 Å². The lowest BCUT2D eigenvalue weighted by atomic mass is 10.0. The minimum Gasteiger partial charge on any atom is -0.478 e. The number of pyridine rings is 1. The summed E-state index contributed by atoms with van der Waals surface area (Å²) in [5.74, 6) is -1.14. The Morgan fingerprint density at radius 2 is 2.26 bits per heavy atom. The number of thiophene rings is 1. The van der Waals surface area contributed by atoms with Crippen LogP contribution >= 0.6 is 11.3 Å². The van der Waals surface area contributed by atoms with Gasteiger partial charge in [0.1, 0.15) is 6.10 Å². The summed E-state index contributed by atoms with van der Waals surface area (Å²) in [7, 11) is 0. The zero-order valence-corrected chi connectivity index (χ0v) is 11.1. The molecule has 0 bridgehead atoms. The van der Waals surface area contributed by atoms with Crippen LogP contribution in [0.3, 0.4) is 0 Å². The van der Waals surface area contributed by atoms with E-state index in [0.717, 1.165) is 10.4 Å². The molecule has 2 heterocycles. The fourth-order valence-corrected chi connectivity index (χ4v) is 2.52. The molecule has 2 aromatic rings. The van der Waals surface area contributed by atoms with E-state index in [2.05, 4.69) is 4.98 Å². The van der Waals surface area contributed by atoms with Crippen LogP contribution in [0.15, 0.2) is 41.5 Å². The Kier molecular flexibility index (Phi) is 4.09. The van der Waals surface area contributed by atoms with Crippen LogP contribution in [0.1, 0.15) is 22.1 Å². The molecule has 0 aliphatic rings. The third-order valence-electron chi connectivity index (χ3n) is 2.73. The number of aliphatic carboxylic acids is 1. The van der Waals surface area contributed by atoms with Gasteiger partial charge in [0.2, 0.25) is 0 Å². The van der Waals surface area contributed by atoms with Gasteiger partial charge in [0, 0.05) is 22.8 Å². The molecule has 0 radical (unpaired) electrons. The third-order valence-corrected chi connectivity index (χ3v) is 3.70. The molecule has 1 atom stereocenters. The summed E-state index contributed by atoms with van der Waals surface area (Å²) in [6, 6.07) is 5.22. The molecule has 2 rings (SSSR count). The molecule has 4 nitrogen and oxygen atoms in total. The molecule has 19 heavy (non-hydrogen) atoms. The van der Waals surface area contributed by atoms with Gasteiger partial charge in [0.25, 0.3) is 0 Å². The second-order valence-electron chi connectivity index (χ2n) is 4.06. The Morgan fingerprint density at radius 3 is 2.79 bits per heavy atom. The summed E-state index contributed by atoms with van der Waals surface area (Å²) in [5, 5.41) is 21.3. The predicted molar refractivity (Wildman–Crippen MR) is 73.9 cm³/mol.